The van der Waals surface area contributed by atoms with E-state index < -0.39 is 0 Å². The predicted octanol–water partition coefficient (Wildman–Crippen LogP) is 2.19. The van der Waals surface area contributed by atoms with Gasteiger partial charge in [0.1, 0.15) is 0 Å². The van der Waals surface area contributed by atoms with Gasteiger partial charge in [-0.3, -0.25) is 4.90 Å². The molecule has 1 heterocycles. The van der Waals surface area contributed by atoms with E-state index in [1.807, 2.05) is 0 Å². The van der Waals surface area contributed by atoms with Crippen molar-refractivity contribution >= 4 is 0 Å². The van der Waals surface area contributed by atoms with Crippen molar-refractivity contribution in [2.45, 2.75) is 32.9 Å². The van der Waals surface area contributed by atoms with Gasteiger partial charge in [0.2, 0.25) is 0 Å². The van der Waals surface area contributed by atoms with Crippen LogP contribution in [0, 0.1) is 0 Å². The van der Waals surface area contributed by atoms with Crippen LogP contribution in [0.25, 0.3) is 0 Å². The molecule has 0 amide bonds. The van der Waals surface area contributed by atoms with Crippen LogP contribution in [0.15, 0.2) is 30.3 Å². The first-order chi connectivity index (χ1) is 9.81. The van der Waals surface area contributed by atoms with Crippen LogP contribution in [0.5, 0.6) is 0 Å². The summed E-state index contributed by atoms with van der Waals surface area (Å²) in [6, 6.07) is 11.5. The lowest BCUT2D eigenvalue weighted by atomic mass is 10.2. The Hall–Kier alpha value is -0.900. The molecule has 112 valence electrons. The molecule has 1 unspecified atom stereocenters. The molecule has 1 N–H and O–H groups in total. The maximum Gasteiger partial charge on any atom is 0.0234 e. The highest BCUT2D eigenvalue weighted by molar-refractivity contribution is 5.14. The molecule has 1 aliphatic heterocycles. The molecule has 3 nitrogen and oxygen atoms in total. The van der Waals surface area contributed by atoms with Crippen LogP contribution in [-0.4, -0.2) is 55.1 Å². The third kappa shape index (κ3) is 4.89. The highest BCUT2D eigenvalue weighted by atomic mass is 15.2. The molecule has 0 spiro atoms. The quantitative estimate of drug-likeness (QED) is 0.784. The van der Waals surface area contributed by atoms with E-state index in [1.54, 1.807) is 0 Å². The molecule has 20 heavy (non-hydrogen) atoms. The van der Waals surface area contributed by atoms with Gasteiger partial charge in [-0.2, -0.15) is 0 Å². The molecule has 1 saturated heterocycles. The summed E-state index contributed by atoms with van der Waals surface area (Å²) in [5, 5.41) is 3.71. The monoisotopic (exact) mass is 275 g/mol. The zero-order valence-corrected chi connectivity index (χ0v) is 13.0. The summed E-state index contributed by atoms with van der Waals surface area (Å²) < 4.78 is 0. The van der Waals surface area contributed by atoms with Crippen molar-refractivity contribution in [3.05, 3.63) is 35.9 Å². The molecule has 3 heteroatoms. The molecule has 0 aromatic heterocycles. The van der Waals surface area contributed by atoms with E-state index in [2.05, 4.69) is 59.3 Å². The van der Waals surface area contributed by atoms with Crippen LogP contribution >= 0.6 is 0 Å². The van der Waals surface area contributed by atoms with Crippen LogP contribution < -0.4 is 5.32 Å². The second-order valence-electron chi connectivity index (χ2n) is 5.69. The Morgan fingerprint density at radius 1 is 1.20 bits per heavy atom. The zero-order valence-electron chi connectivity index (χ0n) is 13.0. The van der Waals surface area contributed by atoms with Crippen LogP contribution in [0.2, 0.25) is 0 Å². The first kappa shape index (κ1) is 15.5. The average Bonchev–Trinajstić information content (AvgIpc) is 2.92. The van der Waals surface area contributed by atoms with Crippen LogP contribution in [-0.2, 0) is 6.54 Å². The lowest BCUT2D eigenvalue weighted by Gasteiger charge is -2.20. The largest absolute Gasteiger partial charge is 0.311 e. The Bertz CT molecular complexity index is 362. The molecule has 0 aliphatic carbocycles. The van der Waals surface area contributed by atoms with E-state index in [0.29, 0.717) is 6.04 Å². The van der Waals surface area contributed by atoms with Gasteiger partial charge in [0.25, 0.3) is 0 Å². The van der Waals surface area contributed by atoms with Crippen molar-refractivity contribution in [1.82, 2.24) is 15.1 Å². The van der Waals surface area contributed by atoms with Gasteiger partial charge in [0, 0.05) is 38.8 Å². The fourth-order valence-electron chi connectivity index (χ4n) is 2.95. The summed E-state index contributed by atoms with van der Waals surface area (Å²) in [6.45, 7) is 12.6. The molecule has 0 bridgehead atoms. The van der Waals surface area contributed by atoms with Gasteiger partial charge in [-0.05, 0) is 25.1 Å². The number of rotatable bonds is 8. The van der Waals surface area contributed by atoms with Crippen LogP contribution in [0.3, 0.4) is 0 Å². The molecule has 0 saturated carbocycles. The highest BCUT2D eigenvalue weighted by Crippen LogP contribution is 2.13. The first-order valence-electron chi connectivity index (χ1n) is 8.03. The fourth-order valence-corrected chi connectivity index (χ4v) is 2.95. The Kier molecular flexibility index (Phi) is 6.51. The van der Waals surface area contributed by atoms with Crippen molar-refractivity contribution in [3.63, 3.8) is 0 Å². The second-order valence-corrected chi connectivity index (χ2v) is 5.69. The number of likely N-dealkylation sites (N-methyl/N-ethyl adjacent to an activating group) is 1. The van der Waals surface area contributed by atoms with Crippen molar-refractivity contribution in [2.75, 3.05) is 39.3 Å². The van der Waals surface area contributed by atoms with Gasteiger partial charge >= 0.3 is 0 Å². The zero-order chi connectivity index (χ0) is 14.2. The first-order valence-corrected chi connectivity index (χ1v) is 8.03. The maximum atomic E-state index is 3.71. The minimum absolute atomic E-state index is 0.675. The minimum Gasteiger partial charge on any atom is -0.311 e. The van der Waals surface area contributed by atoms with Crippen molar-refractivity contribution < 1.29 is 0 Å². The third-order valence-electron chi connectivity index (χ3n) is 4.28. The van der Waals surface area contributed by atoms with Crippen LogP contribution in [0.4, 0.5) is 0 Å². The molecule has 1 fully saturated rings. The summed E-state index contributed by atoms with van der Waals surface area (Å²) in [6.07, 6.45) is 1.28. The Morgan fingerprint density at radius 2 is 1.95 bits per heavy atom. The molecule has 0 radical (unpaired) electrons. The fraction of sp³-hybridized carbons (Fsp3) is 0.647. The number of likely N-dealkylation sites (tertiary alicyclic amines) is 1. The highest BCUT2D eigenvalue weighted by Gasteiger charge is 2.21. The number of nitrogens with zero attached hydrogens (tertiary/aromatic N) is 2. The van der Waals surface area contributed by atoms with Gasteiger partial charge < -0.3 is 10.2 Å². The Labute approximate surface area is 124 Å². The number of nitrogens with one attached hydrogen (secondary N) is 1. The van der Waals surface area contributed by atoms with Crippen molar-refractivity contribution in [2.24, 2.45) is 0 Å². The molecular formula is C17H29N3. The van der Waals surface area contributed by atoms with E-state index in [-0.39, 0.29) is 0 Å². The van der Waals surface area contributed by atoms with Crippen molar-refractivity contribution in [3.8, 4) is 0 Å². The predicted molar refractivity (Wildman–Crippen MR) is 85.9 cm³/mol. The average molecular weight is 275 g/mol. The molecular weight excluding hydrogens is 246 g/mol. The Morgan fingerprint density at radius 3 is 2.65 bits per heavy atom. The van der Waals surface area contributed by atoms with Gasteiger partial charge in [-0.25, -0.2) is 0 Å². The normalized spacial score (nSPS) is 19.9. The maximum absolute atomic E-state index is 3.71. The van der Waals surface area contributed by atoms with Crippen LogP contribution in [0.1, 0.15) is 25.8 Å². The molecule has 2 rings (SSSR count). The van der Waals surface area contributed by atoms with Crippen molar-refractivity contribution in [1.29, 1.82) is 0 Å². The van der Waals surface area contributed by atoms with Gasteiger partial charge in [-0.15, -0.1) is 0 Å². The number of hydrogen-bond donors (Lipinski definition) is 1. The van der Waals surface area contributed by atoms with Gasteiger partial charge in [0.15, 0.2) is 0 Å². The molecule has 1 aromatic rings. The summed E-state index contributed by atoms with van der Waals surface area (Å²) in [5.74, 6) is 0. The van der Waals surface area contributed by atoms with E-state index in [9.17, 15) is 0 Å². The van der Waals surface area contributed by atoms with E-state index in [1.165, 1.54) is 31.6 Å². The summed E-state index contributed by atoms with van der Waals surface area (Å²) in [4.78, 5) is 5.04. The number of benzene rings is 1. The lowest BCUT2D eigenvalue weighted by Crippen LogP contribution is -2.38. The van der Waals surface area contributed by atoms with E-state index in [0.717, 1.165) is 26.2 Å². The standard InChI is InChI=1S/C17H29N3/c1-3-19(4-2)13-11-18-17-10-12-20(15-17)14-16-8-6-5-7-9-16/h5-9,17-18H,3-4,10-15H2,1-2H3. The van der Waals surface area contributed by atoms with E-state index in [4.69, 9.17) is 0 Å². The third-order valence-corrected chi connectivity index (χ3v) is 4.28. The summed E-state index contributed by atoms with van der Waals surface area (Å²) in [5.41, 5.74) is 1.43. The van der Waals surface area contributed by atoms with Gasteiger partial charge in [0.05, 0.1) is 0 Å². The Balaban J connectivity index is 1.65. The second kappa shape index (κ2) is 8.40. The SMILES string of the molecule is CCN(CC)CCNC1CCN(Cc2ccccc2)C1. The minimum atomic E-state index is 0.675. The smallest absolute Gasteiger partial charge is 0.0234 e. The summed E-state index contributed by atoms with van der Waals surface area (Å²) in [7, 11) is 0. The molecule has 1 aliphatic rings. The molecule has 1 atom stereocenters. The lowest BCUT2D eigenvalue weighted by molar-refractivity contribution is 0.289. The molecule has 1 aromatic carbocycles. The summed E-state index contributed by atoms with van der Waals surface area (Å²) >= 11 is 0. The topological polar surface area (TPSA) is 18.5 Å². The van der Waals surface area contributed by atoms with E-state index >= 15 is 0 Å². The van der Waals surface area contributed by atoms with Gasteiger partial charge in [-0.1, -0.05) is 44.2 Å². The number of hydrogen-bond acceptors (Lipinski definition) is 3.